The Balaban J connectivity index is 0.00000182. The Kier molecular flexibility index (Phi) is 4.46. The van der Waals surface area contributed by atoms with Gasteiger partial charge in [-0.25, -0.2) is 9.55 Å². The van der Waals surface area contributed by atoms with Gasteiger partial charge in [-0.3, -0.25) is 13.6 Å². The molecule has 0 aromatic carbocycles. The Morgan fingerprint density at radius 3 is 2.84 bits per heavy atom. The molecule has 25 heavy (non-hydrogen) atoms. The van der Waals surface area contributed by atoms with E-state index in [2.05, 4.69) is 19.5 Å². The summed E-state index contributed by atoms with van der Waals surface area (Å²) in [5, 5.41) is 10.2. The van der Waals surface area contributed by atoms with Gasteiger partial charge >= 0.3 is 13.9 Å². The predicted octanol–water partition coefficient (Wildman–Crippen LogP) is 0.137. The highest BCUT2D eigenvalue weighted by Gasteiger charge is 2.53. The monoisotopic (exact) mass is 398 g/mol. The molecule has 4 rings (SSSR count). The zero-order valence-corrected chi connectivity index (χ0v) is 14.0. The number of phosphoric ester groups is 1. The Bertz CT molecular complexity index is 883. The number of fused-ring (bicyclic) bond motifs is 2. The number of imidazole rings is 1. The number of aliphatic hydroxyl groups is 1. The van der Waals surface area contributed by atoms with Crippen LogP contribution in [0.4, 0.5) is 10.2 Å². The maximum absolute atomic E-state index is 13.5. The lowest BCUT2D eigenvalue weighted by atomic mass is 10.1. The van der Waals surface area contributed by atoms with Crippen molar-refractivity contribution in [1.82, 2.24) is 25.7 Å². The van der Waals surface area contributed by atoms with E-state index >= 15 is 0 Å². The Morgan fingerprint density at radius 1 is 1.40 bits per heavy atom. The zero-order chi connectivity index (χ0) is 17.2. The molecule has 2 saturated heterocycles. The number of phosphoric acid groups is 1. The Labute approximate surface area is 143 Å². The molecule has 138 valence electrons. The molecule has 0 spiro atoms. The number of hydrogen-bond acceptors (Lipinski definition) is 10. The summed E-state index contributed by atoms with van der Waals surface area (Å²) in [5.41, 5.74) is 5.51. The van der Waals surface area contributed by atoms with Crippen LogP contribution >= 0.6 is 19.4 Å². The van der Waals surface area contributed by atoms with Gasteiger partial charge in [-0.05, 0) is 11.6 Å². The van der Waals surface area contributed by atoms with Crippen molar-refractivity contribution >= 4 is 36.4 Å². The van der Waals surface area contributed by atoms with Crippen LogP contribution in [0.1, 0.15) is 6.23 Å². The van der Waals surface area contributed by atoms with Gasteiger partial charge in [0.15, 0.2) is 23.2 Å². The molecule has 12 nitrogen and oxygen atoms in total. The summed E-state index contributed by atoms with van der Waals surface area (Å²) in [4.78, 5) is 20.2. The number of halogens is 2. The van der Waals surface area contributed by atoms with Crippen molar-refractivity contribution in [3.63, 3.8) is 0 Å². The van der Waals surface area contributed by atoms with E-state index in [1.807, 2.05) is 0 Å². The quantitative estimate of drug-likeness (QED) is 0.290. The van der Waals surface area contributed by atoms with Crippen molar-refractivity contribution in [3.05, 3.63) is 11.4 Å². The fraction of sp³-hybridized carbons (Fsp3) is 0.500. The third-order valence-corrected chi connectivity index (χ3v) is 4.97. The van der Waals surface area contributed by atoms with E-state index in [0.29, 0.717) is 0 Å². The molecule has 0 saturated carbocycles. The topological polar surface area (TPSA) is 190 Å². The molecule has 2 aliphatic heterocycles. The summed E-state index contributed by atoms with van der Waals surface area (Å²) >= 11 is 6.03. The SMILES string of the molecule is N.Nc1nc(F)nc2c1nc(Cl)n2C1OC2COP(=O)(O)OC2C1O. The largest absolute Gasteiger partial charge is 0.472 e. The van der Waals surface area contributed by atoms with Gasteiger partial charge in [0.1, 0.15) is 18.3 Å². The third kappa shape index (κ3) is 2.88. The minimum atomic E-state index is -4.28. The number of hydrogen-bond donors (Lipinski definition) is 4. The molecule has 2 aliphatic rings. The molecular formula is C10H13ClFN6O6P. The fourth-order valence-corrected chi connectivity index (χ4v) is 3.94. The summed E-state index contributed by atoms with van der Waals surface area (Å²) in [7, 11) is -4.28. The molecule has 0 bridgehead atoms. The average molecular weight is 399 g/mol. The van der Waals surface area contributed by atoms with E-state index in [9.17, 15) is 19.0 Å². The van der Waals surface area contributed by atoms with Crippen LogP contribution in [0.3, 0.4) is 0 Å². The molecule has 15 heteroatoms. The average Bonchev–Trinajstić information content (AvgIpc) is 2.96. The van der Waals surface area contributed by atoms with Crippen LogP contribution in [0.5, 0.6) is 0 Å². The van der Waals surface area contributed by atoms with Crippen molar-refractivity contribution in [3.8, 4) is 0 Å². The van der Waals surface area contributed by atoms with Crippen LogP contribution in [0.15, 0.2) is 0 Å². The smallest absolute Gasteiger partial charge is 0.386 e. The van der Waals surface area contributed by atoms with Crippen molar-refractivity contribution in [2.24, 2.45) is 0 Å². The van der Waals surface area contributed by atoms with Gasteiger partial charge in [0.2, 0.25) is 5.28 Å². The van der Waals surface area contributed by atoms with Gasteiger partial charge in [0.05, 0.1) is 6.61 Å². The fourth-order valence-electron chi connectivity index (χ4n) is 2.72. The molecule has 2 aromatic heterocycles. The number of nitrogens with two attached hydrogens (primary N) is 1. The number of ether oxygens (including phenoxy) is 1. The van der Waals surface area contributed by atoms with E-state index in [1.165, 1.54) is 0 Å². The second-order valence-electron chi connectivity index (χ2n) is 5.19. The summed E-state index contributed by atoms with van der Waals surface area (Å²) in [6.07, 6.45) is -5.70. The molecule has 2 aromatic rings. The van der Waals surface area contributed by atoms with E-state index < -0.39 is 38.4 Å². The minimum Gasteiger partial charge on any atom is -0.386 e. The minimum absolute atomic E-state index is 0. The van der Waals surface area contributed by atoms with Gasteiger partial charge < -0.3 is 26.6 Å². The van der Waals surface area contributed by atoms with Crippen LogP contribution < -0.4 is 11.9 Å². The summed E-state index contributed by atoms with van der Waals surface area (Å²) in [6.45, 7) is -0.276. The standard InChI is InChI=1S/C10H10ClFN5O6P.H3N/c11-9-14-3-6(13)15-10(12)16-7(3)17(9)8-4(18)5-2(22-8)1-21-24(19,20)23-5;/h2,4-5,8,18H,1H2,(H,19,20)(H2,13,15,16);1H3. The number of aromatic nitrogens is 4. The predicted molar refractivity (Wildman–Crippen MR) is 80.3 cm³/mol. The van der Waals surface area contributed by atoms with E-state index in [1.54, 1.807) is 0 Å². The van der Waals surface area contributed by atoms with Crippen molar-refractivity contribution in [2.75, 3.05) is 12.3 Å². The first-order chi connectivity index (χ1) is 11.3. The molecule has 0 aliphatic carbocycles. The van der Waals surface area contributed by atoms with Gasteiger partial charge in [-0.15, -0.1) is 0 Å². The lowest BCUT2D eigenvalue weighted by Gasteiger charge is -2.27. The van der Waals surface area contributed by atoms with Crippen LogP contribution in [0, 0.1) is 6.08 Å². The van der Waals surface area contributed by atoms with Crippen LogP contribution in [-0.2, 0) is 18.3 Å². The normalized spacial score (nSPS) is 34.7. The number of nitrogens with zero attached hydrogens (tertiary/aromatic N) is 4. The maximum atomic E-state index is 13.5. The van der Waals surface area contributed by atoms with Gasteiger partial charge in [-0.2, -0.15) is 14.4 Å². The number of rotatable bonds is 1. The molecule has 2 fully saturated rings. The first-order valence-electron chi connectivity index (χ1n) is 6.62. The van der Waals surface area contributed by atoms with Crippen molar-refractivity contribution in [1.29, 1.82) is 0 Å². The lowest BCUT2D eigenvalue weighted by Crippen LogP contribution is -2.39. The van der Waals surface area contributed by atoms with E-state index in [4.69, 9.17) is 26.6 Å². The summed E-state index contributed by atoms with van der Waals surface area (Å²) in [6, 6.07) is 0. The highest BCUT2D eigenvalue weighted by Crippen LogP contribution is 2.52. The molecule has 0 radical (unpaired) electrons. The van der Waals surface area contributed by atoms with E-state index in [0.717, 1.165) is 4.57 Å². The Hall–Kier alpha value is -1.44. The summed E-state index contributed by atoms with van der Waals surface area (Å²) in [5.74, 6) is -0.234. The number of nitrogen functional groups attached to an aromatic ring is 1. The van der Waals surface area contributed by atoms with Crippen LogP contribution in [0.25, 0.3) is 11.2 Å². The highest BCUT2D eigenvalue weighted by atomic mass is 35.5. The lowest BCUT2D eigenvalue weighted by molar-refractivity contribution is -0.0664. The Morgan fingerprint density at radius 2 is 2.12 bits per heavy atom. The van der Waals surface area contributed by atoms with Crippen molar-refractivity contribution < 1.29 is 32.7 Å². The highest BCUT2D eigenvalue weighted by molar-refractivity contribution is 7.47. The second kappa shape index (κ2) is 6.07. The summed E-state index contributed by atoms with van der Waals surface area (Å²) < 4.78 is 41.1. The van der Waals surface area contributed by atoms with Gasteiger partial charge in [-0.1, -0.05) is 0 Å². The van der Waals surface area contributed by atoms with Gasteiger partial charge in [0.25, 0.3) is 0 Å². The second-order valence-corrected chi connectivity index (χ2v) is 6.94. The van der Waals surface area contributed by atoms with E-state index in [-0.39, 0.29) is 35.0 Å². The molecule has 0 amide bonds. The molecule has 7 N–H and O–H groups in total. The van der Waals surface area contributed by atoms with Crippen LogP contribution in [0.2, 0.25) is 5.28 Å². The number of anilines is 1. The molecule has 4 heterocycles. The van der Waals surface area contributed by atoms with Crippen molar-refractivity contribution in [2.45, 2.75) is 24.5 Å². The zero-order valence-electron chi connectivity index (χ0n) is 12.3. The first-order valence-corrected chi connectivity index (χ1v) is 8.50. The third-order valence-electron chi connectivity index (χ3n) is 3.72. The molecule has 5 unspecified atom stereocenters. The first kappa shape index (κ1) is 18.4. The van der Waals surface area contributed by atoms with Gasteiger partial charge in [0, 0.05) is 0 Å². The number of aliphatic hydroxyl groups excluding tert-OH is 1. The maximum Gasteiger partial charge on any atom is 0.472 e. The molecular weight excluding hydrogens is 386 g/mol. The molecule has 5 atom stereocenters. The van der Waals surface area contributed by atoms with Crippen LogP contribution in [-0.4, -0.2) is 54.4 Å².